The average Bonchev–Trinajstić information content (AvgIpc) is 2.35. The molecule has 0 heterocycles. The van der Waals surface area contributed by atoms with E-state index in [0.717, 1.165) is 18.2 Å². The monoisotopic (exact) mass is 267 g/mol. The third kappa shape index (κ3) is 5.32. The van der Waals surface area contributed by atoms with Gasteiger partial charge in [-0.3, -0.25) is 4.90 Å². The lowest BCUT2D eigenvalue weighted by molar-refractivity contribution is 0.148. The van der Waals surface area contributed by atoms with Crippen LogP contribution in [-0.2, 0) is 0 Å². The third-order valence-corrected chi connectivity index (χ3v) is 2.76. The minimum absolute atomic E-state index is 0.259. The topological polar surface area (TPSA) is 23.5 Å². The van der Waals surface area contributed by atoms with Gasteiger partial charge in [0.1, 0.15) is 11.6 Å². The summed E-state index contributed by atoms with van der Waals surface area (Å²) in [5.41, 5.74) is 0.259. The Morgan fingerprint density at radius 2 is 1.63 bits per heavy atom. The molecule has 0 saturated carbocycles. The molecule has 1 atom stereocenters. The van der Waals surface area contributed by atoms with E-state index in [-0.39, 0.29) is 5.56 Å². The van der Waals surface area contributed by atoms with E-state index in [9.17, 15) is 13.9 Å². The van der Waals surface area contributed by atoms with Crippen molar-refractivity contribution in [2.45, 2.75) is 12.5 Å². The third-order valence-electron chi connectivity index (χ3n) is 2.76. The van der Waals surface area contributed by atoms with Crippen LogP contribution in [-0.4, -0.2) is 29.6 Å². The molecule has 1 aromatic rings. The molecule has 4 heteroatoms. The van der Waals surface area contributed by atoms with Crippen LogP contribution in [0.1, 0.15) is 18.1 Å². The second-order valence-electron chi connectivity index (χ2n) is 4.34. The number of nitrogens with zero attached hydrogens (tertiary/aromatic N) is 1. The predicted molar refractivity (Wildman–Crippen MR) is 72.8 cm³/mol. The lowest BCUT2D eigenvalue weighted by atomic mass is 10.1. The molecule has 1 rings (SSSR count). The highest BCUT2D eigenvalue weighted by atomic mass is 19.1. The van der Waals surface area contributed by atoms with Crippen molar-refractivity contribution in [1.29, 1.82) is 0 Å². The fraction of sp³-hybridized carbons (Fsp3) is 0.333. The molecule has 0 saturated heterocycles. The van der Waals surface area contributed by atoms with Crippen molar-refractivity contribution in [2.75, 3.05) is 19.6 Å². The van der Waals surface area contributed by atoms with Crippen molar-refractivity contribution in [1.82, 2.24) is 4.90 Å². The SMILES string of the molecule is C=CCN(CC=C)CCC(O)c1cc(F)cc(F)c1. The second kappa shape index (κ2) is 7.81. The van der Waals surface area contributed by atoms with E-state index in [1.165, 1.54) is 0 Å². The zero-order chi connectivity index (χ0) is 14.3. The van der Waals surface area contributed by atoms with Crippen LogP contribution in [0.15, 0.2) is 43.5 Å². The molecule has 0 aromatic heterocycles. The molecule has 1 aromatic carbocycles. The quantitative estimate of drug-likeness (QED) is 0.732. The summed E-state index contributed by atoms with van der Waals surface area (Å²) < 4.78 is 26.1. The van der Waals surface area contributed by atoms with Crippen molar-refractivity contribution >= 4 is 0 Å². The first kappa shape index (κ1) is 15.5. The van der Waals surface area contributed by atoms with Gasteiger partial charge in [-0.1, -0.05) is 12.2 Å². The predicted octanol–water partition coefficient (Wildman–Crippen LogP) is 3.06. The van der Waals surface area contributed by atoms with Gasteiger partial charge in [-0.25, -0.2) is 8.78 Å². The standard InChI is InChI=1S/C15H19F2NO/c1-3-6-18(7-4-2)8-5-15(19)12-9-13(16)11-14(17)10-12/h3-4,9-11,15,19H,1-2,5-8H2. The highest BCUT2D eigenvalue weighted by Gasteiger charge is 2.12. The Hall–Kier alpha value is -1.52. The number of halogens is 2. The highest BCUT2D eigenvalue weighted by Crippen LogP contribution is 2.19. The molecule has 0 aliphatic heterocycles. The van der Waals surface area contributed by atoms with Gasteiger partial charge in [-0.15, -0.1) is 13.2 Å². The maximum Gasteiger partial charge on any atom is 0.126 e. The molecule has 0 bridgehead atoms. The van der Waals surface area contributed by atoms with Gasteiger partial charge in [-0.2, -0.15) is 0 Å². The fourth-order valence-electron chi connectivity index (χ4n) is 1.86. The van der Waals surface area contributed by atoms with Gasteiger partial charge in [0.2, 0.25) is 0 Å². The first-order valence-electron chi connectivity index (χ1n) is 6.15. The lowest BCUT2D eigenvalue weighted by Gasteiger charge is -2.20. The first-order chi connectivity index (χ1) is 9.06. The Balaban J connectivity index is 2.60. The smallest absolute Gasteiger partial charge is 0.126 e. The zero-order valence-corrected chi connectivity index (χ0v) is 10.9. The maximum absolute atomic E-state index is 13.0. The summed E-state index contributed by atoms with van der Waals surface area (Å²) in [6.45, 7) is 9.26. The molecule has 19 heavy (non-hydrogen) atoms. The van der Waals surface area contributed by atoms with Crippen LogP contribution in [0.2, 0.25) is 0 Å². The van der Waals surface area contributed by atoms with Crippen LogP contribution in [0.3, 0.4) is 0 Å². The van der Waals surface area contributed by atoms with E-state index in [4.69, 9.17) is 0 Å². The van der Waals surface area contributed by atoms with Gasteiger partial charge in [0.15, 0.2) is 0 Å². The van der Waals surface area contributed by atoms with Crippen LogP contribution in [0.4, 0.5) is 8.78 Å². The molecule has 0 spiro atoms. The van der Waals surface area contributed by atoms with Crippen molar-refractivity contribution in [3.8, 4) is 0 Å². The number of aliphatic hydroxyl groups excluding tert-OH is 1. The zero-order valence-electron chi connectivity index (χ0n) is 10.9. The molecule has 0 aliphatic rings. The molecule has 0 amide bonds. The molecule has 1 unspecified atom stereocenters. The van der Waals surface area contributed by atoms with E-state index in [1.54, 1.807) is 12.2 Å². The van der Waals surface area contributed by atoms with Gasteiger partial charge >= 0.3 is 0 Å². The number of rotatable bonds is 8. The normalized spacial score (nSPS) is 12.4. The summed E-state index contributed by atoms with van der Waals surface area (Å²) in [6, 6.07) is 3.09. The van der Waals surface area contributed by atoms with Gasteiger partial charge < -0.3 is 5.11 Å². The summed E-state index contributed by atoms with van der Waals surface area (Å²) in [5.74, 6) is -1.36. The molecular formula is C15H19F2NO. The highest BCUT2D eigenvalue weighted by molar-refractivity contribution is 5.20. The second-order valence-corrected chi connectivity index (χ2v) is 4.34. The van der Waals surface area contributed by atoms with Gasteiger partial charge in [-0.05, 0) is 24.1 Å². The van der Waals surface area contributed by atoms with Gasteiger partial charge in [0.05, 0.1) is 6.10 Å². The van der Waals surface area contributed by atoms with Crippen molar-refractivity contribution in [2.24, 2.45) is 0 Å². The lowest BCUT2D eigenvalue weighted by Crippen LogP contribution is -2.26. The van der Waals surface area contributed by atoms with Crippen LogP contribution < -0.4 is 0 Å². The Morgan fingerprint density at radius 3 is 2.11 bits per heavy atom. The Bertz CT molecular complexity index is 404. The maximum atomic E-state index is 13.0. The molecule has 0 radical (unpaired) electrons. The first-order valence-corrected chi connectivity index (χ1v) is 6.15. The molecule has 0 fully saturated rings. The van der Waals surface area contributed by atoms with Gasteiger partial charge in [0, 0.05) is 25.7 Å². The molecule has 0 aliphatic carbocycles. The molecular weight excluding hydrogens is 248 g/mol. The van der Waals surface area contributed by atoms with E-state index in [0.29, 0.717) is 26.1 Å². The molecule has 104 valence electrons. The summed E-state index contributed by atoms with van der Waals surface area (Å²) in [4.78, 5) is 2.03. The summed E-state index contributed by atoms with van der Waals surface area (Å²) in [5, 5.41) is 9.94. The Labute approximate surface area is 112 Å². The Kier molecular flexibility index (Phi) is 6.39. The van der Waals surface area contributed by atoms with Crippen LogP contribution in [0, 0.1) is 11.6 Å². The summed E-state index contributed by atoms with van der Waals surface area (Å²) in [6.07, 6.45) is 3.03. The minimum atomic E-state index is -0.887. The summed E-state index contributed by atoms with van der Waals surface area (Å²) >= 11 is 0. The molecule has 1 N–H and O–H groups in total. The minimum Gasteiger partial charge on any atom is -0.388 e. The number of aliphatic hydroxyl groups is 1. The van der Waals surface area contributed by atoms with E-state index < -0.39 is 17.7 Å². The van der Waals surface area contributed by atoms with E-state index in [1.807, 2.05) is 4.90 Å². The average molecular weight is 267 g/mol. The van der Waals surface area contributed by atoms with E-state index in [2.05, 4.69) is 13.2 Å². The van der Waals surface area contributed by atoms with Crippen molar-refractivity contribution < 1.29 is 13.9 Å². The largest absolute Gasteiger partial charge is 0.388 e. The van der Waals surface area contributed by atoms with Crippen LogP contribution in [0.25, 0.3) is 0 Å². The number of hydrogen-bond donors (Lipinski definition) is 1. The fourth-order valence-corrected chi connectivity index (χ4v) is 1.86. The van der Waals surface area contributed by atoms with Crippen LogP contribution in [0.5, 0.6) is 0 Å². The summed E-state index contributed by atoms with van der Waals surface area (Å²) in [7, 11) is 0. The molecule has 2 nitrogen and oxygen atoms in total. The van der Waals surface area contributed by atoms with Crippen LogP contribution >= 0.6 is 0 Å². The number of benzene rings is 1. The number of hydrogen-bond acceptors (Lipinski definition) is 2. The Morgan fingerprint density at radius 1 is 1.11 bits per heavy atom. The van der Waals surface area contributed by atoms with Crippen molar-refractivity contribution in [3.63, 3.8) is 0 Å². The van der Waals surface area contributed by atoms with Crippen molar-refractivity contribution in [3.05, 3.63) is 60.7 Å². The van der Waals surface area contributed by atoms with Gasteiger partial charge in [0.25, 0.3) is 0 Å². The van der Waals surface area contributed by atoms with E-state index >= 15 is 0 Å².